The second-order valence-electron chi connectivity index (χ2n) is 2.34. The molecule has 0 radical (unpaired) electrons. The quantitative estimate of drug-likeness (QED) is 0.432. The summed E-state index contributed by atoms with van der Waals surface area (Å²) in [5.74, 6) is -0.243. The third-order valence-electron chi connectivity index (χ3n) is 1.39. The van der Waals surface area contributed by atoms with Crippen LogP contribution < -0.4 is 34.2 Å². The summed E-state index contributed by atoms with van der Waals surface area (Å²) < 4.78 is 4.51. The van der Waals surface area contributed by atoms with E-state index in [1.165, 1.54) is 0 Å². The van der Waals surface area contributed by atoms with Gasteiger partial charge in [-0.2, -0.15) is 0 Å². The van der Waals surface area contributed by atoms with Crippen LogP contribution >= 0.6 is 58.0 Å². The van der Waals surface area contributed by atoms with Crippen LogP contribution in [0.1, 0.15) is 1.43 Å². The van der Waals surface area contributed by atoms with Crippen LogP contribution in [-0.2, 0) is 0 Å². The molecule has 0 amide bonds. The van der Waals surface area contributed by atoms with Gasteiger partial charge in [-0.15, -0.1) is 0 Å². The van der Waals surface area contributed by atoms with E-state index in [2.05, 4.69) is 4.65 Å². The van der Waals surface area contributed by atoms with Gasteiger partial charge in [0.25, 0.3) is 0 Å². The molecule has 92 valence electrons. The van der Waals surface area contributed by atoms with Crippen LogP contribution in [0.3, 0.4) is 0 Å². The second kappa shape index (κ2) is 8.56. The summed E-state index contributed by atoms with van der Waals surface area (Å²) in [6, 6.07) is 0. The van der Waals surface area contributed by atoms with Crippen LogP contribution in [0.15, 0.2) is 0 Å². The summed E-state index contributed by atoms with van der Waals surface area (Å²) >= 11 is 28.5. The standard InChI is InChI=1S/C6H2BCl5O3.Na.H2O.H/c8-1-2(9)4(11)6(15-7(13)14)5(12)3(1)10;;;/h13-14H;;1H2;/q;+1;;-1. The van der Waals surface area contributed by atoms with Gasteiger partial charge in [-0.1, -0.05) is 58.0 Å². The maximum absolute atomic E-state index is 8.60. The number of hydrogen-bond acceptors (Lipinski definition) is 3. The van der Waals surface area contributed by atoms with Gasteiger partial charge in [0.05, 0.1) is 15.1 Å². The maximum atomic E-state index is 8.60. The Labute approximate surface area is 146 Å². The first kappa shape index (κ1) is 20.7. The molecule has 0 aromatic heterocycles. The Balaban J connectivity index is -0.000000750. The Morgan fingerprint density at radius 3 is 1.41 bits per heavy atom. The number of rotatable bonds is 2. The minimum Gasteiger partial charge on any atom is -1.00 e. The number of halogens is 5. The molecule has 1 aromatic rings. The molecule has 1 rings (SSSR count). The SMILES string of the molecule is O.OB(O)Oc1c(Cl)c(Cl)c(Cl)c(Cl)c1Cl.[H-].[Na+]. The molecule has 0 aliphatic carbocycles. The van der Waals surface area contributed by atoms with Crippen LogP contribution in [-0.4, -0.2) is 22.8 Å². The van der Waals surface area contributed by atoms with E-state index in [1.54, 1.807) is 0 Å². The maximum Gasteiger partial charge on any atom is 1.00 e. The topological polar surface area (TPSA) is 81.2 Å². The number of benzene rings is 1. The van der Waals surface area contributed by atoms with Crippen LogP contribution in [0.5, 0.6) is 5.75 Å². The van der Waals surface area contributed by atoms with Gasteiger partial charge >= 0.3 is 36.9 Å². The third kappa shape index (κ3) is 4.78. The zero-order chi connectivity index (χ0) is 11.7. The van der Waals surface area contributed by atoms with Crippen molar-refractivity contribution >= 4 is 65.3 Å². The molecule has 4 N–H and O–H groups in total. The molecule has 0 aliphatic rings. The minimum atomic E-state index is -2.09. The van der Waals surface area contributed by atoms with Crippen molar-refractivity contribution in [3.05, 3.63) is 25.1 Å². The number of hydrogen-bond donors (Lipinski definition) is 2. The third-order valence-corrected chi connectivity index (χ3v) is 3.63. The van der Waals surface area contributed by atoms with Crippen molar-refractivity contribution < 1.29 is 51.2 Å². The molecular formula is C6H5BCl5NaO4. The normalized spacial score (nSPS) is 9.12. The van der Waals surface area contributed by atoms with Crippen molar-refractivity contribution in [2.75, 3.05) is 0 Å². The first-order valence-corrected chi connectivity index (χ1v) is 5.29. The van der Waals surface area contributed by atoms with Gasteiger partial charge in [0, 0.05) is 0 Å². The summed E-state index contributed by atoms with van der Waals surface area (Å²) in [5, 5.41) is 16.7. The average molecular weight is 352 g/mol. The van der Waals surface area contributed by atoms with E-state index in [9.17, 15) is 0 Å². The summed E-state index contributed by atoms with van der Waals surface area (Å²) in [4.78, 5) is 0. The van der Waals surface area contributed by atoms with Gasteiger partial charge in [-0.25, -0.2) is 0 Å². The van der Waals surface area contributed by atoms with Gasteiger partial charge in [-0.05, 0) is 0 Å². The van der Waals surface area contributed by atoms with Crippen LogP contribution in [0.2, 0.25) is 25.1 Å². The van der Waals surface area contributed by atoms with Gasteiger partial charge in [-0.3, -0.25) is 0 Å². The average Bonchev–Trinajstić information content (AvgIpc) is 2.18. The van der Waals surface area contributed by atoms with Crippen molar-refractivity contribution in [1.82, 2.24) is 0 Å². The zero-order valence-electron chi connectivity index (χ0n) is 9.27. The molecule has 0 saturated carbocycles. The predicted molar refractivity (Wildman–Crippen MR) is 67.0 cm³/mol. The summed E-state index contributed by atoms with van der Waals surface area (Å²) in [5.41, 5.74) is 0. The van der Waals surface area contributed by atoms with Gasteiger partial charge in [0.2, 0.25) is 0 Å². The fourth-order valence-electron chi connectivity index (χ4n) is 0.794. The monoisotopic (exact) mass is 350 g/mol. The Bertz CT molecular complexity index is 381. The second-order valence-corrected chi connectivity index (χ2v) is 4.23. The Kier molecular flexibility index (Phi) is 10.4. The largest absolute Gasteiger partial charge is 1.00 e. The minimum absolute atomic E-state index is 0. The van der Waals surface area contributed by atoms with Crippen LogP contribution in [0.4, 0.5) is 0 Å². The molecule has 0 fully saturated rings. The van der Waals surface area contributed by atoms with Crippen molar-refractivity contribution in [1.29, 1.82) is 0 Å². The van der Waals surface area contributed by atoms with E-state index in [0.717, 1.165) is 0 Å². The summed E-state index contributed by atoms with van der Waals surface area (Å²) in [7, 11) is -2.09. The van der Waals surface area contributed by atoms with Gasteiger partial charge < -0.3 is 21.6 Å². The first-order chi connectivity index (χ1) is 6.86. The van der Waals surface area contributed by atoms with E-state index in [4.69, 9.17) is 68.1 Å². The van der Waals surface area contributed by atoms with Crippen molar-refractivity contribution in [2.45, 2.75) is 0 Å². The molecule has 0 unspecified atom stereocenters. The predicted octanol–water partition coefficient (Wildman–Crippen LogP) is -0.406. The van der Waals surface area contributed by atoms with Crippen molar-refractivity contribution in [3.8, 4) is 5.75 Å². The van der Waals surface area contributed by atoms with E-state index in [-0.39, 0.29) is 67.3 Å². The molecule has 0 bridgehead atoms. The molecule has 0 saturated heterocycles. The zero-order valence-corrected chi connectivity index (χ0v) is 14.0. The Morgan fingerprint density at radius 2 is 1.12 bits per heavy atom. The van der Waals surface area contributed by atoms with E-state index in [0.29, 0.717) is 0 Å². The van der Waals surface area contributed by atoms with E-state index >= 15 is 0 Å². The molecule has 11 heteroatoms. The molecule has 0 spiro atoms. The van der Waals surface area contributed by atoms with E-state index in [1.807, 2.05) is 0 Å². The summed E-state index contributed by atoms with van der Waals surface area (Å²) in [6.45, 7) is 0. The fraction of sp³-hybridized carbons (Fsp3) is 0. The van der Waals surface area contributed by atoms with Gasteiger partial charge in [0.1, 0.15) is 15.8 Å². The Hall–Kier alpha value is 1.41. The van der Waals surface area contributed by atoms with Crippen LogP contribution in [0, 0.1) is 0 Å². The molecule has 1 aromatic carbocycles. The molecule has 17 heavy (non-hydrogen) atoms. The first-order valence-electron chi connectivity index (χ1n) is 3.40. The molecule has 0 aliphatic heterocycles. The van der Waals surface area contributed by atoms with Gasteiger partial charge in [0.15, 0.2) is 0 Å². The molecule has 0 atom stereocenters. The fourth-order valence-corrected chi connectivity index (χ4v) is 2.00. The molecule has 0 heterocycles. The van der Waals surface area contributed by atoms with Crippen molar-refractivity contribution in [2.24, 2.45) is 0 Å². The van der Waals surface area contributed by atoms with Crippen LogP contribution in [0.25, 0.3) is 0 Å². The smallest absolute Gasteiger partial charge is 1.00 e. The van der Waals surface area contributed by atoms with E-state index < -0.39 is 7.32 Å². The molecule has 4 nitrogen and oxygen atoms in total. The van der Waals surface area contributed by atoms with Crippen molar-refractivity contribution in [3.63, 3.8) is 0 Å². The Morgan fingerprint density at radius 1 is 0.824 bits per heavy atom. The molecular weight excluding hydrogens is 347 g/mol. The summed E-state index contributed by atoms with van der Waals surface area (Å²) in [6.07, 6.45) is 0.